The quantitative estimate of drug-likeness (QED) is 0.786. The molecule has 2 nitrogen and oxygen atoms in total. The van der Waals surface area contributed by atoms with Crippen LogP contribution < -0.4 is 5.73 Å². The van der Waals surface area contributed by atoms with Crippen molar-refractivity contribution in [1.82, 2.24) is 4.98 Å². The van der Waals surface area contributed by atoms with E-state index in [0.717, 1.165) is 21.4 Å². The van der Waals surface area contributed by atoms with E-state index in [1.54, 1.807) is 0 Å². The van der Waals surface area contributed by atoms with Crippen LogP contribution in [0.4, 0.5) is 5.69 Å². The maximum absolute atomic E-state index is 5.79. The van der Waals surface area contributed by atoms with Gasteiger partial charge in [-0.1, -0.05) is 34.1 Å². The van der Waals surface area contributed by atoms with Gasteiger partial charge in [-0.25, -0.2) is 0 Å². The molecule has 1 aromatic carbocycles. The summed E-state index contributed by atoms with van der Waals surface area (Å²) in [6.07, 6.45) is 1.84. The fourth-order valence-electron chi connectivity index (χ4n) is 1.28. The molecule has 0 fully saturated rings. The lowest BCUT2D eigenvalue weighted by molar-refractivity contribution is 1.39. The Kier molecular flexibility index (Phi) is 2.10. The monoisotopic (exact) mass is 236 g/mol. The Balaban J connectivity index is 2.59. The summed E-state index contributed by atoms with van der Waals surface area (Å²) < 4.78 is 1.05. The van der Waals surface area contributed by atoms with E-state index in [1.165, 1.54) is 0 Å². The summed E-state index contributed by atoms with van der Waals surface area (Å²) >= 11 is 3.48. The van der Waals surface area contributed by atoms with Crippen LogP contribution in [0.5, 0.6) is 0 Å². The maximum Gasteiger partial charge on any atom is 0.0698 e. The maximum atomic E-state index is 5.79. The summed E-state index contributed by atoms with van der Waals surface area (Å²) in [6, 6.07) is 9.84. The number of nitrogen functional groups attached to an aromatic ring is 1. The Hall–Kier alpha value is -1.22. The molecule has 2 rings (SSSR count). The van der Waals surface area contributed by atoms with E-state index >= 15 is 0 Å². The largest absolute Gasteiger partial charge is 0.397 e. The summed E-state index contributed by atoms with van der Waals surface area (Å²) in [5.41, 5.74) is 8.61. The first kappa shape index (κ1) is 8.38. The predicted molar refractivity (Wildman–Crippen MR) is 58.3 cm³/mol. The summed E-state index contributed by atoms with van der Waals surface area (Å²) in [6.45, 7) is 0. The minimum atomic E-state index is 0.770. The molecule has 0 bridgehead atoms. The minimum absolute atomic E-state index is 0.770. The Morgan fingerprint density at radius 1 is 1.15 bits per heavy atom. The van der Waals surface area contributed by atoms with Crippen LogP contribution in [-0.4, -0.2) is 4.98 Å². The molecule has 0 aliphatic rings. The van der Waals surface area contributed by atoms with Gasteiger partial charge in [-0.05, 0) is 12.1 Å². The van der Waals surface area contributed by atoms with Crippen molar-refractivity contribution in [1.29, 1.82) is 0 Å². The van der Waals surface area contributed by atoms with Crippen molar-refractivity contribution in [3.8, 4) is 11.3 Å². The molecule has 0 unspecified atom stereocenters. The van der Waals surface area contributed by atoms with E-state index in [4.69, 9.17) is 5.73 Å². The van der Waals surface area contributed by atoms with Crippen molar-refractivity contribution in [2.45, 2.75) is 0 Å². The number of aromatic nitrogens is 1. The topological polar surface area (TPSA) is 41.8 Å². The number of benzene rings is 1. The number of nitrogens with two attached hydrogens (primary N) is 1. The number of hydrogen-bond donors (Lipinski definition) is 2. The van der Waals surface area contributed by atoms with Crippen LogP contribution in [0.25, 0.3) is 11.3 Å². The zero-order valence-electron chi connectivity index (χ0n) is 6.92. The van der Waals surface area contributed by atoms with E-state index in [9.17, 15) is 0 Å². The van der Waals surface area contributed by atoms with Crippen molar-refractivity contribution in [3.05, 3.63) is 41.0 Å². The lowest BCUT2D eigenvalue weighted by Crippen LogP contribution is -1.86. The molecule has 0 saturated carbocycles. The summed E-state index contributed by atoms with van der Waals surface area (Å²) in [4.78, 5) is 3.11. The summed E-state index contributed by atoms with van der Waals surface area (Å²) in [5.74, 6) is 0. The van der Waals surface area contributed by atoms with Crippen LogP contribution in [-0.2, 0) is 0 Å². The Morgan fingerprint density at radius 3 is 2.54 bits per heavy atom. The zero-order valence-corrected chi connectivity index (χ0v) is 8.51. The third-order valence-electron chi connectivity index (χ3n) is 1.92. The normalized spacial score (nSPS) is 10.2. The molecule has 0 spiro atoms. The first-order valence-corrected chi connectivity index (χ1v) is 4.76. The van der Waals surface area contributed by atoms with Gasteiger partial charge < -0.3 is 10.7 Å². The van der Waals surface area contributed by atoms with Gasteiger partial charge in [0.25, 0.3) is 0 Å². The van der Waals surface area contributed by atoms with E-state index < -0.39 is 0 Å². The Bertz CT molecular complexity index is 420. The number of anilines is 1. The molecule has 0 amide bonds. The van der Waals surface area contributed by atoms with Crippen molar-refractivity contribution in [2.24, 2.45) is 0 Å². The molecular weight excluding hydrogens is 228 g/mol. The number of rotatable bonds is 1. The first-order chi connectivity index (χ1) is 6.29. The molecule has 0 atom stereocenters. The number of H-pyrrole nitrogens is 1. The Morgan fingerprint density at radius 2 is 1.92 bits per heavy atom. The van der Waals surface area contributed by atoms with Gasteiger partial charge in [-0.3, -0.25) is 0 Å². The molecule has 66 valence electrons. The van der Waals surface area contributed by atoms with Gasteiger partial charge in [0.15, 0.2) is 0 Å². The van der Waals surface area contributed by atoms with Crippen LogP contribution in [0, 0.1) is 0 Å². The van der Waals surface area contributed by atoms with Gasteiger partial charge in [0, 0.05) is 16.2 Å². The summed E-state index contributed by atoms with van der Waals surface area (Å²) in [7, 11) is 0. The molecule has 0 radical (unpaired) electrons. The molecule has 13 heavy (non-hydrogen) atoms. The van der Waals surface area contributed by atoms with Gasteiger partial charge in [-0.15, -0.1) is 0 Å². The van der Waals surface area contributed by atoms with E-state index in [-0.39, 0.29) is 0 Å². The lowest BCUT2D eigenvalue weighted by atomic mass is 10.1. The second-order valence-electron chi connectivity index (χ2n) is 2.79. The number of hydrogen-bond acceptors (Lipinski definition) is 1. The predicted octanol–water partition coefficient (Wildman–Crippen LogP) is 3.03. The van der Waals surface area contributed by atoms with Crippen molar-refractivity contribution < 1.29 is 0 Å². The lowest BCUT2D eigenvalue weighted by Gasteiger charge is -2.02. The average Bonchev–Trinajstić information content (AvgIpc) is 2.52. The van der Waals surface area contributed by atoms with Crippen LogP contribution in [0.15, 0.2) is 41.0 Å². The average molecular weight is 237 g/mol. The van der Waals surface area contributed by atoms with Crippen molar-refractivity contribution in [2.75, 3.05) is 5.73 Å². The molecule has 1 aromatic heterocycles. The second kappa shape index (κ2) is 3.26. The van der Waals surface area contributed by atoms with Gasteiger partial charge in [0.2, 0.25) is 0 Å². The highest BCUT2D eigenvalue weighted by atomic mass is 79.9. The van der Waals surface area contributed by atoms with Gasteiger partial charge in [0.1, 0.15) is 0 Å². The minimum Gasteiger partial charge on any atom is -0.397 e. The van der Waals surface area contributed by atoms with Crippen LogP contribution in [0.2, 0.25) is 0 Å². The zero-order chi connectivity index (χ0) is 9.26. The SMILES string of the molecule is Nc1cc[nH]c1-c1ccccc1Br. The molecule has 2 aromatic rings. The van der Waals surface area contributed by atoms with Crippen LogP contribution >= 0.6 is 15.9 Å². The van der Waals surface area contributed by atoms with Gasteiger partial charge >= 0.3 is 0 Å². The fourth-order valence-corrected chi connectivity index (χ4v) is 1.76. The molecule has 3 heteroatoms. The molecule has 0 saturated heterocycles. The standard InChI is InChI=1S/C10H9BrN2/c11-8-4-2-1-3-7(8)10-9(12)5-6-13-10/h1-6,13H,12H2. The van der Waals surface area contributed by atoms with E-state index in [1.807, 2.05) is 36.5 Å². The molecule has 0 aliphatic carbocycles. The number of aromatic amines is 1. The fraction of sp³-hybridized carbons (Fsp3) is 0. The smallest absolute Gasteiger partial charge is 0.0698 e. The first-order valence-electron chi connectivity index (χ1n) is 3.97. The molecule has 0 aliphatic heterocycles. The highest BCUT2D eigenvalue weighted by molar-refractivity contribution is 9.10. The van der Waals surface area contributed by atoms with Gasteiger partial charge in [0.05, 0.1) is 11.4 Å². The van der Waals surface area contributed by atoms with Gasteiger partial charge in [-0.2, -0.15) is 0 Å². The van der Waals surface area contributed by atoms with Crippen LogP contribution in [0.3, 0.4) is 0 Å². The van der Waals surface area contributed by atoms with Crippen LogP contribution in [0.1, 0.15) is 0 Å². The highest BCUT2D eigenvalue weighted by Crippen LogP contribution is 2.30. The Labute approximate surface area is 84.9 Å². The van der Waals surface area contributed by atoms with Crippen molar-refractivity contribution >= 4 is 21.6 Å². The molecule has 3 N–H and O–H groups in total. The second-order valence-corrected chi connectivity index (χ2v) is 3.64. The number of nitrogens with one attached hydrogen (secondary N) is 1. The molecule has 1 heterocycles. The third kappa shape index (κ3) is 1.47. The van der Waals surface area contributed by atoms with Crippen molar-refractivity contribution in [3.63, 3.8) is 0 Å². The number of halogens is 1. The summed E-state index contributed by atoms with van der Waals surface area (Å²) in [5, 5.41) is 0. The molecular formula is C10H9BrN2. The highest BCUT2D eigenvalue weighted by Gasteiger charge is 2.05. The van der Waals surface area contributed by atoms with E-state index in [0.29, 0.717) is 0 Å². The van der Waals surface area contributed by atoms with E-state index in [2.05, 4.69) is 20.9 Å². The third-order valence-corrected chi connectivity index (χ3v) is 2.61.